The lowest BCUT2D eigenvalue weighted by Gasteiger charge is -2.34. The number of hydrogen-bond donors (Lipinski definition) is 3. The number of ether oxygens (including phenoxy) is 1. The van der Waals surface area contributed by atoms with Gasteiger partial charge in [0.2, 0.25) is 5.91 Å². The number of aliphatic hydroxyl groups excluding tert-OH is 1. The molecule has 8 heteroatoms. The van der Waals surface area contributed by atoms with Gasteiger partial charge in [0.15, 0.2) is 0 Å². The molecule has 4 rings (SSSR count). The molecule has 3 heterocycles. The van der Waals surface area contributed by atoms with Crippen LogP contribution in [0.25, 0.3) is 5.57 Å². The summed E-state index contributed by atoms with van der Waals surface area (Å²) in [6, 6.07) is 3.88. The first-order valence-electron chi connectivity index (χ1n) is 15.4. The molecule has 4 N–H and O–H groups in total. The van der Waals surface area contributed by atoms with Gasteiger partial charge in [0.05, 0.1) is 25.7 Å². The number of nitrogens with two attached hydrogens (primary N) is 1. The van der Waals surface area contributed by atoms with E-state index in [1.54, 1.807) is 0 Å². The third kappa shape index (κ3) is 9.35. The molecule has 1 aromatic rings. The van der Waals surface area contributed by atoms with E-state index in [2.05, 4.69) is 40.2 Å². The third-order valence-electron chi connectivity index (χ3n) is 8.07. The number of aromatic amines is 1. The van der Waals surface area contributed by atoms with Crippen molar-refractivity contribution in [2.75, 3.05) is 51.7 Å². The molecule has 1 aromatic heterocycles. The van der Waals surface area contributed by atoms with Crippen molar-refractivity contribution in [1.82, 2.24) is 14.2 Å². The molecule has 0 bridgehead atoms. The summed E-state index contributed by atoms with van der Waals surface area (Å²) in [7, 11) is 0. The lowest BCUT2D eigenvalue weighted by molar-refractivity contribution is -0.120. The van der Waals surface area contributed by atoms with E-state index in [0.717, 1.165) is 82.0 Å². The number of carbonyl (C=O) groups is 1. The van der Waals surface area contributed by atoms with Gasteiger partial charge in [-0.15, -0.1) is 0 Å². The second-order valence-corrected chi connectivity index (χ2v) is 12.0. The third-order valence-corrected chi connectivity index (χ3v) is 9.27. The van der Waals surface area contributed by atoms with Crippen molar-refractivity contribution in [2.45, 2.75) is 66.4 Å². The predicted molar refractivity (Wildman–Crippen MR) is 168 cm³/mol. The average Bonchev–Trinajstić information content (AvgIpc) is 3.40. The van der Waals surface area contributed by atoms with Crippen molar-refractivity contribution in [1.29, 1.82) is 0 Å². The summed E-state index contributed by atoms with van der Waals surface area (Å²) in [5, 5.41) is 9.56. The minimum absolute atomic E-state index is 0.0374. The van der Waals surface area contributed by atoms with E-state index in [9.17, 15) is 9.90 Å². The lowest BCUT2D eigenvalue weighted by atomic mass is 9.78. The first-order chi connectivity index (χ1) is 19.5. The van der Waals surface area contributed by atoms with E-state index >= 15 is 0 Å². The van der Waals surface area contributed by atoms with E-state index in [4.69, 9.17) is 10.5 Å². The summed E-state index contributed by atoms with van der Waals surface area (Å²) < 4.78 is 8.02. The van der Waals surface area contributed by atoms with Crippen LogP contribution in [-0.2, 0) is 16.1 Å². The van der Waals surface area contributed by atoms with Crippen molar-refractivity contribution >= 4 is 23.4 Å². The van der Waals surface area contributed by atoms with Gasteiger partial charge in [-0.05, 0) is 85.4 Å². The smallest absolute Gasteiger partial charge is 0.224 e. The fourth-order valence-corrected chi connectivity index (χ4v) is 6.91. The Morgan fingerprint density at radius 2 is 1.93 bits per heavy atom. The highest BCUT2D eigenvalue weighted by molar-refractivity contribution is 7.97. The molecule has 3 aliphatic rings. The van der Waals surface area contributed by atoms with Crippen molar-refractivity contribution in [2.24, 2.45) is 23.5 Å². The monoisotopic (exact) mass is 572 g/mol. The van der Waals surface area contributed by atoms with Crippen LogP contribution < -0.4 is 5.73 Å². The molecule has 0 aromatic carbocycles. The number of amides is 1. The fraction of sp³-hybridized carbons (Fsp3) is 0.656. The quantitative estimate of drug-likeness (QED) is 0.243. The lowest BCUT2D eigenvalue weighted by Crippen LogP contribution is -2.37. The molecule has 2 atom stereocenters. The summed E-state index contributed by atoms with van der Waals surface area (Å²) >= 11 is 2.01. The van der Waals surface area contributed by atoms with E-state index in [-0.39, 0.29) is 24.3 Å². The molecule has 2 fully saturated rings. The number of primary amides is 1. The van der Waals surface area contributed by atoms with Gasteiger partial charge in [-0.1, -0.05) is 51.8 Å². The Bertz CT molecular complexity index is 1000. The first-order valence-corrected chi connectivity index (χ1v) is 16.3. The zero-order valence-electron chi connectivity index (χ0n) is 25.2. The zero-order chi connectivity index (χ0) is 28.9. The zero-order valence-corrected chi connectivity index (χ0v) is 26.0. The summed E-state index contributed by atoms with van der Waals surface area (Å²) in [5.41, 5.74) is 11.3. The number of aliphatic hydroxyl groups is 1. The highest BCUT2D eigenvalue weighted by Crippen LogP contribution is 2.40. The standard InChI is InChI=1S/C30H46N4O3S.C2H6/c1-3-5-27(23-8-11-34(12-9-23)38-17-4-10-33-13-15-37-16-14-33)28-20-24(29-7-6-26(21-35)32-29)19-25(30(31)36)18-22(28)2;1-2/h5-7,19-20,22-23,25,32,35H,3-4,8-18,21H2,1-2H3,(H2,31,36);1-2H3/b27-5-;. The SMILES string of the molecule is CC.CC/C=C(\C1=CC(c2ccc(CO)[nH]2)=CC(C(N)=O)CC1C)C1CCN(SCCCN2CCOCC2)CC1. The number of carbonyl (C=O) groups excluding carboxylic acids is 1. The summed E-state index contributed by atoms with van der Waals surface area (Å²) in [6.07, 6.45) is 11.9. The van der Waals surface area contributed by atoms with Gasteiger partial charge in [0.25, 0.3) is 0 Å². The topological polar surface area (TPSA) is 94.8 Å². The van der Waals surface area contributed by atoms with Gasteiger partial charge in [-0.2, -0.15) is 0 Å². The fourth-order valence-electron chi connectivity index (χ4n) is 5.93. The van der Waals surface area contributed by atoms with Gasteiger partial charge in [-0.3, -0.25) is 14.0 Å². The molecule has 0 saturated carbocycles. The number of piperidine rings is 1. The molecule has 2 aliphatic heterocycles. The Morgan fingerprint density at radius 1 is 1.20 bits per heavy atom. The van der Waals surface area contributed by atoms with Crippen molar-refractivity contribution in [3.8, 4) is 0 Å². The maximum Gasteiger partial charge on any atom is 0.224 e. The van der Waals surface area contributed by atoms with Gasteiger partial charge in [0, 0.05) is 43.3 Å². The van der Waals surface area contributed by atoms with Crippen LogP contribution >= 0.6 is 11.9 Å². The van der Waals surface area contributed by atoms with Crippen LogP contribution in [0.15, 0.2) is 41.5 Å². The van der Waals surface area contributed by atoms with Crippen molar-refractivity contribution in [3.05, 3.63) is 52.9 Å². The number of morpholine rings is 1. The maximum absolute atomic E-state index is 12.3. The van der Waals surface area contributed by atoms with Crippen molar-refractivity contribution < 1.29 is 14.6 Å². The number of allylic oxidation sites excluding steroid dienone is 5. The summed E-state index contributed by atoms with van der Waals surface area (Å²) in [6.45, 7) is 15.7. The molecular weight excluding hydrogens is 520 g/mol. The minimum atomic E-state index is -0.312. The van der Waals surface area contributed by atoms with E-state index in [0.29, 0.717) is 5.92 Å². The number of nitrogens with one attached hydrogen (secondary N) is 1. The maximum atomic E-state index is 12.3. The Labute approximate surface area is 246 Å². The summed E-state index contributed by atoms with van der Waals surface area (Å²) in [5.74, 6) is 1.35. The van der Waals surface area contributed by atoms with Crippen LogP contribution in [0.4, 0.5) is 0 Å². The number of aromatic nitrogens is 1. The summed E-state index contributed by atoms with van der Waals surface area (Å²) in [4.78, 5) is 18.1. The van der Waals surface area contributed by atoms with Crippen LogP contribution in [0, 0.1) is 17.8 Å². The van der Waals surface area contributed by atoms with Crippen LogP contribution in [-0.4, -0.2) is 76.9 Å². The van der Waals surface area contributed by atoms with Crippen LogP contribution in [0.3, 0.4) is 0 Å². The number of H-pyrrole nitrogens is 1. The molecule has 40 heavy (non-hydrogen) atoms. The predicted octanol–water partition coefficient (Wildman–Crippen LogP) is 5.40. The molecule has 0 radical (unpaired) electrons. The van der Waals surface area contributed by atoms with Crippen LogP contribution in [0.1, 0.15) is 71.2 Å². The van der Waals surface area contributed by atoms with Gasteiger partial charge >= 0.3 is 0 Å². The molecule has 0 spiro atoms. The van der Waals surface area contributed by atoms with Crippen LogP contribution in [0.2, 0.25) is 0 Å². The normalized spacial score (nSPS) is 23.6. The molecule has 7 nitrogen and oxygen atoms in total. The number of nitrogens with zero attached hydrogens (tertiary/aromatic N) is 2. The van der Waals surface area contributed by atoms with Gasteiger partial charge in [-0.25, -0.2) is 0 Å². The van der Waals surface area contributed by atoms with Crippen LogP contribution in [0.5, 0.6) is 0 Å². The second-order valence-electron chi connectivity index (χ2n) is 10.8. The highest BCUT2D eigenvalue weighted by Gasteiger charge is 2.30. The Morgan fingerprint density at radius 3 is 2.55 bits per heavy atom. The second kappa shape index (κ2) is 17.2. The number of rotatable bonds is 11. The Balaban J connectivity index is 0.00000216. The highest BCUT2D eigenvalue weighted by atomic mass is 32.2. The van der Waals surface area contributed by atoms with Crippen molar-refractivity contribution in [3.63, 3.8) is 0 Å². The minimum Gasteiger partial charge on any atom is -0.390 e. The largest absolute Gasteiger partial charge is 0.390 e. The molecule has 2 saturated heterocycles. The molecule has 224 valence electrons. The Hall–Kier alpha value is -1.84. The van der Waals surface area contributed by atoms with Gasteiger partial charge < -0.3 is 20.6 Å². The van der Waals surface area contributed by atoms with E-state index in [1.165, 1.54) is 29.9 Å². The molecule has 1 amide bonds. The first kappa shape index (κ1) is 32.7. The molecule has 1 aliphatic carbocycles. The van der Waals surface area contributed by atoms with Gasteiger partial charge in [0.1, 0.15) is 0 Å². The molecular formula is C32H52N4O3S. The average molecular weight is 573 g/mol. The van der Waals surface area contributed by atoms with E-state index < -0.39 is 0 Å². The molecule has 2 unspecified atom stereocenters. The van der Waals surface area contributed by atoms with E-state index in [1.807, 2.05) is 44.0 Å². The Kier molecular flexibility index (Phi) is 14.0. The number of hydrogen-bond acceptors (Lipinski definition) is 6.